The van der Waals surface area contributed by atoms with Crippen molar-refractivity contribution in [3.63, 3.8) is 0 Å². The Hall–Kier alpha value is -0.0400. The number of nitrogens with two attached hydrogens (primary N) is 1. The van der Waals surface area contributed by atoms with Crippen LogP contribution in [0.4, 0.5) is 0 Å². The highest BCUT2D eigenvalue weighted by Gasteiger charge is 2.21. The average Bonchev–Trinajstić information content (AvgIpc) is 1.86. The minimum absolute atomic E-state index is 0.328. The van der Waals surface area contributed by atoms with Gasteiger partial charge in [-0.25, -0.2) is 0 Å². The van der Waals surface area contributed by atoms with Gasteiger partial charge < -0.3 is 5.73 Å². The van der Waals surface area contributed by atoms with Gasteiger partial charge in [0.25, 0.3) is 0 Å². The standard InChI is InChI=1S/C8H19N/c1-5-7(9)8(3,4)6-2/h7H,5-6,9H2,1-4H3. The molecule has 0 aromatic heterocycles. The largest absolute Gasteiger partial charge is 0.327 e. The molecular formula is C8H19N. The maximum Gasteiger partial charge on any atom is 0.00875 e. The maximum absolute atomic E-state index is 5.86. The van der Waals surface area contributed by atoms with Crippen LogP contribution >= 0.6 is 0 Å². The third kappa shape index (κ3) is 2.35. The zero-order valence-corrected chi connectivity index (χ0v) is 7.07. The van der Waals surface area contributed by atoms with Gasteiger partial charge in [-0.1, -0.05) is 27.7 Å². The molecule has 56 valence electrons. The molecular weight excluding hydrogens is 110 g/mol. The summed E-state index contributed by atoms with van der Waals surface area (Å²) in [4.78, 5) is 0. The van der Waals surface area contributed by atoms with Crippen LogP contribution in [-0.4, -0.2) is 6.04 Å². The third-order valence-corrected chi connectivity index (χ3v) is 2.35. The fourth-order valence-electron chi connectivity index (χ4n) is 0.815. The van der Waals surface area contributed by atoms with Crippen molar-refractivity contribution in [2.75, 3.05) is 0 Å². The molecule has 1 heteroatoms. The Labute approximate surface area is 58.6 Å². The van der Waals surface area contributed by atoms with Crippen LogP contribution < -0.4 is 5.73 Å². The first-order valence-corrected chi connectivity index (χ1v) is 3.80. The second-order valence-electron chi connectivity index (χ2n) is 3.36. The molecule has 0 saturated carbocycles. The lowest BCUT2D eigenvalue weighted by atomic mass is 9.81. The molecule has 0 radical (unpaired) electrons. The van der Waals surface area contributed by atoms with E-state index in [1.807, 2.05) is 0 Å². The minimum atomic E-state index is 0.328. The third-order valence-electron chi connectivity index (χ3n) is 2.35. The van der Waals surface area contributed by atoms with E-state index in [2.05, 4.69) is 27.7 Å². The van der Waals surface area contributed by atoms with Crippen molar-refractivity contribution in [3.05, 3.63) is 0 Å². The van der Waals surface area contributed by atoms with Crippen LogP contribution in [0.25, 0.3) is 0 Å². The second-order valence-corrected chi connectivity index (χ2v) is 3.36. The highest BCUT2D eigenvalue weighted by Crippen LogP contribution is 2.24. The van der Waals surface area contributed by atoms with Crippen LogP contribution in [0.5, 0.6) is 0 Å². The van der Waals surface area contributed by atoms with Crippen LogP contribution in [-0.2, 0) is 0 Å². The van der Waals surface area contributed by atoms with Gasteiger partial charge in [0, 0.05) is 6.04 Å². The molecule has 1 atom stereocenters. The molecule has 0 aromatic rings. The fourth-order valence-corrected chi connectivity index (χ4v) is 0.815. The number of hydrogen-bond donors (Lipinski definition) is 1. The molecule has 0 amide bonds. The molecule has 0 bridgehead atoms. The molecule has 2 N–H and O–H groups in total. The SMILES string of the molecule is CCC(N)C(C)(C)CC. The van der Waals surface area contributed by atoms with Gasteiger partial charge in [-0.15, -0.1) is 0 Å². The Morgan fingerprint density at radius 2 is 1.78 bits per heavy atom. The Morgan fingerprint density at radius 1 is 1.33 bits per heavy atom. The molecule has 0 aliphatic rings. The lowest BCUT2D eigenvalue weighted by molar-refractivity contribution is 0.268. The van der Waals surface area contributed by atoms with Gasteiger partial charge in [-0.2, -0.15) is 0 Å². The smallest absolute Gasteiger partial charge is 0.00875 e. The molecule has 1 unspecified atom stereocenters. The van der Waals surface area contributed by atoms with E-state index in [4.69, 9.17) is 5.73 Å². The van der Waals surface area contributed by atoms with Crippen LogP contribution in [0.15, 0.2) is 0 Å². The van der Waals surface area contributed by atoms with Crippen molar-refractivity contribution in [2.45, 2.75) is 46.6 Å². The molecule has 0 rings (SSSR count). The lowest BCUT2D eigenvalue weighted by Gasteiger charge is -2.29. The summed E-state index contributed by atoms with van der Waals surface area (Å²) in [6, 6.07) is 0.363. The van der Waals surface area contributed by atoms with E-state index in [1.165, 1.54) is 6.42 Å². The van der Waals surface area contributed by atoms with Gasteiger partial charge in [0.2, 0.25) is 0 Å². The van der Waals surface area contributed by atoms with Crippen molar-refractivity contribution in [3.8, 4) is 0 Å². The van der Waals surface area contributed by atoms with Crippen molar-refractivity contribution in [1.82, 2.24) is 0 Å². The highest BCUT2D eigenvalue weighted by molar-refractivity contribution is 4.78. The van der Waals surface area contributed by atoms with Crippen molar-refractivity contribution in [1.29, 1.82) is 0 Å². The first-order valence-electron chi connectivity index (χ1n) is 3.80. The lowest BCUT2D eigenvalue weighted by Crippen LogP contribution is -2.35. The molecule has 0 saturated heterocycles. The van der Waals surface area contributed by atoms with E-state index in [0.29, 0.717) is 11.5 Å². The monoisotopic (exact) mass is 129 g/mol. The van der Waals surface area contributed by atoms with E-state index in [9.17, 15) is 0 Å². The van der Waals surface area contributed by atoms with E-state index >= 15 is 0 Å². The summed E-state index contributed by atoms with van der Waals surface area (Å²) in [6.07, 6.45) is 2.25. The first kappa shape index (κ1) is 8.96. The van der Waals surface area contributed by atoms with E-state index in [0.717, 1.165) is 6.42 Å². The molecule has 1 nitrogen and oxygen atoms in total. The molecule has 0 aliphatic carbocycles. The van der Waals surface area contributed by atoms with Crippen LogP contribution in [0.2, 0.25) is 0 Å². The molecule has 9 heavy (non-hydrogen) atoms. The van der Waals surface area contributed by atoms with Gasteiger partial charge in [0.15, 0.2) is 0 Å². The summed E-state index contributed by atoms with van der Waals surface area (Å²) in [5, 5.41) is 0. The fraction of sp³-hybridized carbons (Fsp3) is 1.00. The molecule has 0 fully saturated rings. The van der Waals surface area contributed by atoms with Crippen molar-refractivity contribution < 1.29 is 0 Å². The Kier molecular flexibility index (Phi) is 3.20. The Bertz CT molecular complexity index is 76.6. The number of hydrogen-bond acceptors (Lipinski definition) is 1. The predicted molar refractivity (Wildman–Crippen MR) is 42.3 cm³/mol. The van der Waals surface area contributed by atoms with Crippen LogP contribution in [0, 0.1) is 5.41 Å². The first-order chi connectivity index (χ1) is 4.04. The van der Waals surface area contributed by atoms with Gasteiger partial charge >= 0.3 is 0 Å². The minimum Gasteiger partial charge on any atom is -0.327 e. The van der Waals surface area contributed by atoms with Crippen molar-refractivity contribution >= 4 is 0 Å². The van der Waals surface area contributed by atoms with Crippen LogP contribution in [0.3, 0.4) is 0 Å². The summed E-state index contributed by atoms with van der Waals surface area (Å²) in [5.74, 6) is 0. The van der Waals surface area contributed by atoms with Gasteiger partial charge in [-0.05, 0) is 18.3 Å². The van der Waals surface area contributed by atoms with E-state index in [1.54, 1.807) is 0 Å². The molecule has 0 aromatic carbocycles. The van der Waals surface area contributed by atoms with Gasteiger partial charge in [0.05, 0.1) is 0 Å². The summed E-state index contributed by atoms with van der Waals surface area (Å²) in [6.45, 7) is 8.78. The zero-order valence-electron chi connectivity index (χ0n) is 7.07. The van der Waals surface area contributed by atoms with E-state index < -0.39 is 0 Å². The summed E-state index contributed by atoms with van der Waals surface area (Å²) in [7, 11) is 0. The summed E-state index contributed by atoms with van der Waals surface area (Å²) < 4.78 is 0. The Morgan fingerprint density at radius 3 is 1.89 bits per heavy atom. The molecule has 0 spiro atoms. The average molecular weight is 129 g/mol. The van der Waals surface area contributed by atoms with Gasteiger partial charge in [-0.3, -0.25) is 0 Å². The second kappa shape index (κ2) is 3.21. The molecule has 0 heterocycles. The normalized spacial score (nSPS) is 15.7. The van der Waals surface area contributed by atoms with E-state index in [-0.39, 0.29) is 0 Å². The quantitative estimate of drug-likeness (QED) is 0.621. The number of rotatable bonds is 3. The van der Waals surface area contributed by atoms with Crippen molar-refractivity contribution in [2.24, 2.45) is 11.1 Å². The zero-order chi connectivity index (χ0) is 7.49. The van der Waals surface area contributed by atoms with Crippen LogP contribution in [0.1, 0.15) is 40.5 Å². The summed E-state index contributed by atoms with van der Waals surface area (Å²) in [5.41, 5.74) is 6.19. The maximum atomic E-state index is 5.86. The predicted octanol–water partition coefficient (Wildman–Crippen LogP) is 2.16. The topological polar surface area (TPSA) is 26.0 Å². The Balaban J connectivity index is 3.80. The van der Waals surface area contributed by atoms with Gasteiger partial charge in [0.1, 0.15) is 0 Å². The highest BCUT2D eigenvalue weighted by atomic mass is 14.7. The molecule has 0 aliphatic heterocycles. The summed E-state index contributed by atoms with van der Waals surface area (Å²) >= 11 is 0.